The van der Waals surface area contributed by atoms with Crippen LogP contribution in [0.25, 0.3) is 5.57 Å². The van der Waals surface area contributed by atoms with E-state index >= 15 is 0 Å². The van der Waals surface area contributed by atoms with E-state index in [1.807, 2.05) is 11.8 Å². The lowest BCUT2D eigenvalue weighted by molar-refractivity contribution is 0.114. The molecule has 2 heterocycles. The summed E-state index contributed by atoms with van der Waals surface area (Å²) >= 11 is 1.95. The van der Waals surface area contributed by atoms with Crippen molar-refractivity contribution in [3.8, 4) is 0 Å². The average molecular weight is 381 g/mol. The molecule has 0 unspecified atom stereocenters. The number of benzene rings is 2. The van der Waals surface area contributed by atoms with Crippen molar-refractivity contribution in [2.24, 2.45) is 0 Å². The van der Waals surface area contributed by atoms with E-state index in [0.717, 1.165) is 51.4 Å². The van der Waals surface area contributed by atoms with Crippen LogP contribution in [0.1, 0.15) is 23.1 Å². The normalized spacial score (nSPS) is 19.5. The third-order valence-corrected chi connectivity index (χ3v) is 6.67. The molecule has 0 aliphatic carbocycles. The van der Waals surface area contributed by atoms with Crippen molar-refractivity contribution in [1.29, 1.82) is 0 Å². The SMILES string of the molecule is OCCN1CCN(CC/C=C2\c3ccccc3CSc3ccccc32)CC1. The van der Waals surface area contributed by atoms with E-state index in [9.17, 15) is 0 Å². The lowest BCUT2D eigenvalue weighted by Gasteiger charge is -2.34. The maximum absolute atomic E-state index is 9.09. The van der Waals surface area contributed by atoms with Crippen LogP contribution in [0.3, 0.4) is 0 Å². The number of rotatable bonds is 5. The summed E-state index contributed by atoms with van der Waals surface area (Å²) in [5.74, 6) is 1.04. The zero-order chi connectivity index (χ0) is 18.5. The number of aliphatic hydroxyl groups excluding tert-OH is 1. The molecule has 0 aromatic heterocycles. The highest BCUT2D eigenvalue weighted by Crippen LogP contribution is 2.40. The van der Waals surface area contributed by atoms with E-state index in [1.54, 1.807) is 0 Å². The highest BCUT2D eigenvalue weighted by molar-refractivity contribution is 7.98. The van der Waals surface area contributed by atoms with Gasteiger partial charge in [-0.3, -0.25) is 4.90 Å². The van der Waals surface area contributed by atoms with Gasteiger partial charge in [0.2, 0.25) is 0 Å². The van der Waals surface area contributed by atoms with E-state index in [2.05, 4.69) is 64.4 Å². The molecule has 2 aliphatic heterocycles. The minimum absolute atomic E-state index is 0.267. The monoisotopic (exact) mass is 380 g/mol. The van der Waals surface area contributed by atoms with Crippen molar-refractivity contribution in [3.05, 3.63) is 71.3 Å². The van der Waals surface area contributed by atoms with E-state index < -0.39 is 0 Å². The molecule has 2 aliphatic rings. The van der Waals surface area contributed by atoms with Crippen molar-refractivity contribution in [2.45, 2.75) is 17.1 Å². The predicted octanol–water partition coefficient (Wildman–Crippen LogP) is 3.72. The lowest BCUT2D eigenvalue weighted by atomic mass is 9.93. The molecule has 2 aromatic carbocycles. The maximum atomic E-state index is 9.09. The Bertz CT molecular complexity index is 747. The summed E-state index contributed by atoms with van der Waals surface area (Å²) in [4.78, 5) is 6.29. The Morgan fingerprint density at radius 3 is 2.30 bits per heavy atom. The van der Waals surface area contributed by atoms with Gasteiger partial charge in [0.05, 0.1) is 6.61 Å². The summed E-state index contributed by atoms with van der Waals surface area (Å²) in [6, 6.07) is 17.7. The number of hydrogen-bond donors (Lipinski definition) is 1. The molecular weight excluding hydrogens is 352 g/mol. The van der Waals surface area contributed by atoms with E-state index in [-0.39, 0.29) is 6.61 Å². The molecule has 142 valence electrons. The van der Waals surface area contributed by atoms with Crippen molar-refractivity contribution in [1.82, 2.24) is 9.80 Å². The number of thioether (sulfide) groups is 1. The fourth-order valence-corrected chi connectivity index (χ4v) is 5.08. The van der Waals surface area contributed by atoms with Gasteiger partial charge < -0.3 is 10.0 Å². The van der Waals surface area contributed by atoms with Gasteiger partial charge in [-0.15, -0.1) is 11.8 Å². The molecule has 4 heteroatoms. The molecule has 1 N–H and O–H groups in total. The zero-order valence-electron chi connectivity index (χ0n) is 15.8. The molecule has 0 saturated carbocycles. The largest absolute Gasteiger partial charge is 0.395 e. The quantitative estimate of drug-likeness (QED) is 0.855. The first-order chi connectivity index (χ1) is 13.3. The second-order valence-corrected chi connectivity index (χ2v) is 8.27. The van der Waals surface area contributed by atoms with Crippen LogP contribution in [0.2, 0.25) is 0 Å². The molecule has 2 aromatic rings. The van der Waals surface area contributed by atoms with Gasteiger partial charge in [-0.1, -0.05) is 48.5 Å². The van der Waals surface area contributed by atoms with E-state index in [1.165, 1.54) is 27.2 Å². The van der Waals surface area contributed by atoms with E-state index in [4.69, 9.17) is 5.11 Å². The Morgan fingerprint density at radius 1 is 0.852 bits per heavy atom. The molecule has 0 radical (unpaired) electrons. The van der Waals surface area contributed by atoms with Crippen LogP contribution in [0, 0.1) is 0 Å². The molecule has 1 saturated heterocycles. The van der Waals surface area contributed by atoms with E-state index in [0.29, 0.717) is 0 Å². The zero-order valence-corrected chi connectivity index (χ0v) is 16.6. The van der Waals surface area contributed by atoms with Gasteiger partial charge in [0, 0.05) is 49.9 Å². The molecule has 0 amide bonds. The van der Waals surface area contributed by atoms with Crippen molar-refractivity contribution < 1.29 is 5.11 Å². The van der Waals surface area contributed by atoms with Gasteiger partial charge in [-0.05, 0) is 34.8 Å². The van der Waals surface area contributed by atoms with Crippen LogP contribution < -0.4 is 0 Å². The number of hydrogen-bond acceptors (Lipinski definition) is 4. The topological polar surface area (TPSA) is 26.7 Å². The first-order valence-electron chi connectivity index (χ1n) is 9.91. The van der Waals surface area contributed by atoms with Crippen LogP contribution in [-0.2, 0) is 5.75 Å². The first-order valence-corrected chi connectivity index (χ1v) is 10.9. The smallest absolute Gasteiger partial charge is 0.0558 e. The summed E-state index contributed by atoms with van der Waals surface area (Å²) in [7, 11) is 0. The van der Waals surface area contributed by atoms with Crippen molar-refractivity contribution in [2.75, 3.05) is 45.9 Å². The standard InChI is InChI=1S/C23H28N2OS/c26-17-16-25-14-12-24(13-15-25)11-5-9-21-20-7-2-1-6-19(20)18-27-23-10-4-3-8-22(21)23/h1-4,6-10,26H,5,11-18H2/b21-9+. The van der Waals surface area contributed by atoms with Gasteiger partial charge in [-0.25, -0.2) is 0 Å². The highest BCUT2D eigenvalue weighted by Gasteiger charge is 2.19. The Balaban J connectivity index is 1.49. The molecular formula is C23H28N2OS. The second kappa shape index (κ2) is 9.07. The van der Waals surface area contributed by atoms with Gasteiger partial charge in [0.25, 0.3) is 0 Å². The van der Waals surface area contributed by atoms with Crippen LogP contribution in [-0.4, -0.2) is 60.8 Å². The van der Waals surface area contributed by atoms with Crippen LogP contribution in [0.15, 0.2) is 59.5 Å². The Hall–Kier alpha value is -1.59. The van der Waals surface area contributed by atoms with Gasteiger partial charge >= 0.3 is 0 Å². The second-order valence-electron chi connectivity index (χ2n) is 7.26. The fraction of sp³-hybridized carbons (Fsp3) is 0.391. The maximum Gasteiger partial charge on any atom is 0.0558 e. The molecule has 0 atom stereocenters. The minimum Gasteiger partial charge on any atom is -0.395 e. The fourth-order valence-electron chi connectivity index (χ4n) is 4.01. The molecule has 3 nitrogen and oxygen atoms in total. The summed E-state index contributed by atoms with van der Waals surface area (Å²) in [6.45, 7) is 6.53. The van der Waals surface area contributed by atoms with Gasteiger partial charge in [0.15, 0.2) is 0 Å². The van der Waals surface area contributed by atoms with Crippen molar-refractivity contribution >= 4 is 17.3 Å². The molecule has 0 spiro atoms. The Labute approximate surface area is 166 Å². The predicted molar refractivity (Wildman–Crippen MR) is 114 cm³/mol. The summed E-state index contributed by atoms with van der Waals surface area (Å²) in [5, 5.41) is 9.09. The number of β-amino-alcohol motifs (C(OH)–C–C–N with tert-alkyl or cyclic N) is 1. The Morgan fingerprint density at radius 2 is 1.52 bits per heavy atom. The third kappa shape index (κ3) is 4.46. The summed E-state index contributed by atoms with van der Waals surface area (Å²) < 4.78 is 0. The Kier molecular flexibility index (Phi) is 6.30. The lowest BCUT2D eigenvalue weighted by Crippen LogP contribution is -2.47. The number of piperazine rings is 1. The average Bonchev–Trinajstić information content (AvgIpc) is 2.87. The van der Waals surface area contributed by atoms with Crippen LogP contribution >= 0.6 is 11.8 Å². The van der Waals surface area contributed by atoms with Gasteiger partial charge in [0.1, 0.15) is 0 Å². The molecule has 0 bridgehead atoms. The molecule has 4 rings (SSSR count). The van der Waals surface area contributed by atoms with Crippen LogP contribution in [0.5, 0.6) is 0 Å². The minimum atomic E-state index is 0.267. The van der Waals surface area contributed by atoms with Crippen molar-refractivity contribution in [3.63, 3.8) is 0 Å². The number of nitrogens with zero attached hydrogens (tertiary/aromatic N) is 2. The van der Waals surface area contributed by atoms with Crippen LogP contribution in [0.4, 0.5) is 0 Å². The first kappa shape index (κ1) is 18.8. The number of aliphatic hydroxyl groups is 1. The molecule has 27 heavy (non-hydrogen) atoms. The van der Waals surface area contributed by atoms with Gasteiger partial charge in [-0.2, -0.15) is 0 Å². The molecule has 1 fully saturated rings. The summed E-state index contributed by atoms with van der Waals surface area (Å²) in [6.07, 6.45) is 3.52. The number of fused-ring (bicyclic) bond motifs is 2. The summed E-state index contributed by atoms with van der Waals surface area (Å²) in [5.41, 5.74) is 5.59. The third-order valence-electron chi connectivity index (χ3n) is 5.54. The highest BCUT2D eigenvalue weighted by atomic mass is 32.2.